The Labute approximate surface area is 184 Å². The van der Waals surface area contributed by atoms with E-state index in [0.29, 0.717) is 38.0 Å². The lowest BCUT2D eigenvalue weighted by molar-refractivity contribution is -0.143. The third kappa shape index (κ3) is 12.3. The Bertz CT molecular complexity index is 432. The van der Waals surface area contributed by atoms with E-state index in [-0.39, 0.29) is 24.0 Å². The number of rotatable bonds is 10. The maximum Gasteiger partial charge on any atom is 0.401 e. The second-order valence-electron chi connectivity index (χ2n) is 7.31. The molecule has 0 saturated carbocycles. The molecule has 0 amide bonds. The Morgan fingerprint density at radius 3 is 2.39 bits per heavy atom. The molecule has 1 rings (SSSR count). The first-order valence-electron chi connectivity index (χ1n) is 9.82. The lowest BCUT2D eigenvalue weighted by Crippen LogP contribution is -2.48. The highest BCUT2D eigenvalue weighted by Gasteiger charge is 2.28. The van der Waals surface area contributed by atoms with Gasteiger partial charge in [-0.2, -0.15) is 13.2 Å². The number of nitrogens with zero attached hydrogens (tertiary/aromatic N) is 3. The van der Waals surface area contributed by atoms with Crippen LogP contribution >= 0.6 is 24.0 Å². The number of ether oxygens (including phenoxy) is 1. The van der Waals surface area contributed by atoms with Crippen LogP contribution in [0.5, 0.6) is 0 Å². The fraction of sp³-hybridized carbons (Fsp3) is 0.944. The Morgan fingerprint density at radius 2 is 1.86 bits per heavy atom. The summed E-state index contributed by atoms with van der Waals surface area (Å²) in [6, 6.07) is 0.349. The van der Waals surface area contributed by atoms with E-state index in [2.05, 4.69) is 29.4 Å². The molecule has 0 bridgehead atoms. The van der Waals surface area contributed by atoms with Crippen molar-refractivity contribution in [2.24, 2.45) is 10.9 Å². The van der Waals surface area contributed by atoms with Crippen molar-refractivity contribution in [2.45, 2.75) is 39.4 Å². The van der Waals surface area contributed by atoms with E-state index in [1.165, 1.54) is 11.9 Å². The molecule has 1 saturated heterocycles. The third-order valence-electron chi connectivity index (χ3n) is 4.52. The molecule has 168 valence electrons. The second-order valence-corrected chi connectivity index (χ2v) is 7.31. The van der Waals surface area contributed by atoms with Gasteiger partial charge in [0.2, 0.25) is 0 Å². The van der Waals surface area contributed by atoms with E-state index in [4.69, 9.17) is 9.73 Å². The van der Waals surface area contributed by atoms with E-state index in [1.807, 2.05) is 6.92 Å². The van der Waals surface area contributed by atoms with Crippen LogP contribution in [-0.2, 0) is 4.74 Å². The lowest BCUT2D eigenvalue weighted by atomic mass is 10.0. The quantitative estimate of drug-likeness (QED) is 0.200. The van der Waals surface area contributed by atoms with Gasteiger partial charge in [0.25, 0.3) is 0 Å². The number of nitrogens with one attached hydrogen (secondary N) is 2. The largest absolute Gasteiger partial charge is 0.401 e. The minimum absolute atomic E-state index is 0. The van der Waals surface area contributed by atoms with Gasteiger partial charge in [0, 0.05) is 32.2 Å². The van der Waals surface area contributed by atoms with Gasteiger partial charge in [-0.3, -0.25) is 14.8 Å². The molecule has 28 heavy (non-hydrogen) atoms. The van der Waals surface area contributed by atoms with Crippen LogP contribution in [0.15, 0.2) is 4.99 Å². The van der Waals surface area contributed by atoms with Gasteiger partial charge in [0.1, 0.15) is 0 Å². The van der Waals surface area contributed by atoms with Gasteiger partial charge >= 0.3 is 6.18 Å². The number of aliphatic imine (C=N–C) groups is 1. The van der Waals surface area contributed by atoms with E-state index in [1.54, 1.807) is 0 Å². The Hall–Kier alpha value is -0.330. The number of morpholine rings is 1. The van der Waals surface area contributed by atoms with Crippen molar-refractivity contribution in [1.82, 2.24) is 20.4 Å². The summed E-state index contributed by atoms with van der Waals surface area (Å²) in [5, 5.41) is 6.43. The lowest BCUT2D eigenvalue weighted by Gasteiger charge is -2.36. The van der Waals surface area contributed by atoms with E-state index < -0.39 is 12.7 Å². The second kappa shape index (κ2) is 14.6. The number of guanidine groups is 1. The molecule has 0 aromatic carbocycles. The molecule has 0 radical (unpaired) electrons. The van der Waals surface area contributed by atoms with Gasteiger partial charge in [-0.05, 0) is 32.9 Å². The van der Waals surface area contributed by atoms with Gasteiger partial charge in [0.05, 0.1) is 26.3 Å². The summed E-state index contributed by atoms with van der Waals surface area (Å²) in [7, 11) is 1.49. The zero-order valence-corrected chi connectivity index (χ0v) is 19.8. The summed E-state index contributed by atoms with van der Waals surface area (Å²) in [5.41, 5.74) is 0. The van der Waals surface area contributed by atoms with Gasteiger partial charge in [0.15, 0.2) is 5.96 Å². The first-order valence-corrected chi connectivity index (χ1v) is 9.82. The summed E-state index contributed by atoms with van der Waals surface area (Å²) in [6.45, 7) is 11.3. The topological polar surface area (TPSA) is 52.1 Å². The van der Waals surface area contributed by atoms with Crippen LogP contribution < -0.4 is 10.6 Å². The molecular formula is C18H37F3IN5O. The number of halogens is 4. The Morgan fingerprint density at radius 1 is 1.21 bits per heavy atom. The first-order chi connectivity index (χ1) is 12.7. The van der Waals surface area contributed by atoms with Crippen LogP contribution in [0.2, 0.25) is 0 Å². The van der Waals surface area contributed by atoms with Crippen molar-refractivity contribution in [3.8, 4) is 0 Å². The van der Waals surface area contributed by atoms with E-state index in [0.717, 1.165) is 38.8 Å². The average molecular weight is 523 g/mol. The minimum atomic E-state index is -4.15. The van der Waals surface area contributed by atoms with Crippen molar-refractivity contribution in [1.29, 1.82) is 0 Å². The molecule has 1 unspecified atom stereocenters. The Kier molecular flexibility index (Phi) is 14.4. The molecule has 0 aromatic heterocycles. The molecule has 1 aliphatic heterocycles. The highest BCUT2D eigenvalue weighted by molar-refractivity contribution is 14.0. The summed E-state index contributed by atoms with van der Waals surface area (Å²) in [6.07, 6.45) is -3.53. The van der Waals surface area contributed by atoms with Crippen molar-refractivity contribution < 1.29 is 17.9 Å². The third-order valence-corrected chi connectivity index (χ3v) is 4.52. The molecule has 1 heterocycles. The minimum Gasteiger partial charge on any atom is -0.379 e. The number of hydrogen-bond acceptors (Lipinski definition) is 4. The van der Waals surface area contributed by atoms with Gasteiger partial charge < -0.3 is 15.4 Å². The fourth-order valence-electron chi connectivity index (χ4n) is 3.12. The van der Waals surface area contributed by atoms with Crippen LogP contribution in [0, 0.1) is 5.92 Å². The predicted molar refractivity (Wildman–Crippen MR) is 119 cm³/mol. The summed E-state index contributed by atoms with van der Waals surface area (Å²) >= 11 is 0. The molecule has 2 N–H and O–H groups in total. The SMILES string of the molecule is CCNC(=NCC(C(C)C)N1CCOCC1)NCCCN(C)CC(F)(F)F.I. The van der Waals surface area contributed by atoms with Crippen LogP contribution in [0.3, 0.4) is 0 Å². The molecule has 1 aliphatic rings. The maximum atomic E-state index is 12.3. The van der Waals surface area contributed by atoms with Crippen LogP contribution in [0.1, 0.15) is 27.2 Å². The summed E-state index contributed by atoms with van der Waals surface area (Å²) in [4.78, 5) is 8.42. The van der Waals surface area contributed by atoms with Crippen LogP contribution in [0.4, 0.5) is 13.2 Å². The molecule has 10 heteroatoms. The van der Waals surface area contributed by atoms with E-state index >= 15 is 0 Å². The molecule has 0 spiro atoms. The van der Waals surface area contributed by atoms with Crippen molar-refractivity contribution in [3.05, 3.63) is 0 Å². The van der Waals surface area contributed by atoms with Crippen molar-refractivity contribution in [2.75, 3.05) is 66.1 Å². The molecule has 1 atom stereocenters. The van der Waals surface area contributed by atoms with Crippen LogP contribution in [0.25, 0.3) is 0 Å². The monoisotopic (exact) mass is 523 g/mol. The van der Waals surface area contributed by atoms with Crippen molar-refractivity contribution >= 4 is 29.9 Å². The van der Waals surface area contributed by atoms with Crippen molar-refractivity contribution in [3.63, 3.8) is 0 Å². The van der Waals surface area contributed by atoms with Gasteiger partial charge in [-0.15, -0.1) is 24.0 Å². The molecule has 6 nitrogen and oxygen atoms in total. The fourth-order valence-corrected chi connectivity index (χ4v) is 3.12. The highest BCUT2D eigenvalue weighted by atomic mass is 127. The normalized spacial score (nSPS) is 17.5. The number of alkyl halides is 3. The van der Waals surface area contributed by atoms with Gasteiger partial charge in [-0.1, -0.05) is 13.8 Å². The maximum absolute atomic E-state index is 12.3. The first kappa shape index (κ1) is 27.7. The Balaban J connectivity index is 0.00000729. The zero-order valence-electron chi connectivity index (χ0n) is 17.5. The standard InChI is InChI=1S/C18H36F3N5O.HI/c1-5-22-17(23-7-6-8-25(4)14-18(19,20)21)24-13-16(15(2)3)26-9-11-27-12-10-26;/h15-16H,5-14H2,1-4H3,(H2,22,23,24);1H. The highest BCUT2D eigenvalue weighted by Crippen LogP contribution is 2.15. The average Bonchev–Trinajstić information content (AvgIpc) is 2.57. The molecule has 0 aromatic rings. The summed E-state index contributed by atoms with van der Waals surface area (Å²) in [5.74, 6) is 1.20. The van der Waals surface area contributed by atoms with E-state index in [9.17, 15) is 13.2 Å². The summed E-state index contributed by atoms with van der Waals surface area (Å²) < 4.78 is 42.5. The smallest absolute Gasteiger partial charge is 0.379 e. The molecule has 1 fully saturated rings. The zero-order chi connectivity index (χ0) is 20.3. The molecular weight excluding hydrogens is 486 g/mol. The molecule has 0 aliphatic carbocycles. The van der Waals surface area contributed by atoms with Gasteiger partial charge in [-0.25, -0.2) is 0 Å². The predicted octanol–water partition coefficient (Wildman–Crippen LogP) is 2.40. The van der Waals surface area contributed by atoms with Crippen LogP contribution in [-0.4, -0.2) is 94.1 Å². The number of hydrogen-bond donors (Lipinski definition) is 2.